The Morgan fingerprint density at radius 3 is 2.07 bits per heavy atom. The molecule has 244 valence electrons. The van der Waals surface area contributed by atoms with Crippen molar-refractivity contribution >= 4 is 34.7 Å². The molecule has 0 aromatic heterocycles. The number of rotatable bonds is 9. The lowest BCUT2D eigenvalue weighted by molar-refractivity contribution is -0.181. The molecule has 0 spiro atoms. The number of hydrogen-bond donors (Lipinski definition) is 3. The number of allylic oxidation sites excluding steroid dienone is 2. The maximum atomic E-state index is 14.3. The Bertz CT molecular complexity index is 1480. The van der Waals surface area contributed by atoms with E-state index in [1.54, 1.807) is 14.1 Å². The molecule has 1 aromatic carbocycles. The van der Waals surface area contributed by atoms with E-state index in [-0.39, 0.29) is 24.2 Å². The summed E-state index contributed by atoms with van der Waals surface area (Å²) in [7, 11) is 6.81. The molecular weight excluding hydrogens is 576 g/mol. The highest BCUT2D eigenvalue weighted by molar-refractivity contribution is 6.32. The summed E-state index contributed by atoms with van der Waals surface area (Å²) < 4.78 is 0. The number of ketones is 4. The van der Waals surface area contributed by atoms with Gasteiger partial charge in [0, 0.05) is 50.9 Å². The van der Waals surface area contributed by atoms with Gasteiger partial charge in [-0.2, -0.15) is 0 Å². The van der Waals surface area contributed by atoms with Crippen LogP contribution < -0.4 is 10.6 Å². The molecule has 45 heavy (non-hydrogen) atoms. The van der Waals surface area contributed by atoms with Crippen molar-refractivity contribution in [2.45, 2.75) is 58.7 Å². The minimum absolute atomic E-state index is 0.00664. The number of aromatic hydroxyl groups is 1. The Morgan fingerprint density at radius 1 is 1.00 bits per heavy atom. The van der Waals surface area contributed by atoms with Gasteiger partial charge in [-0.05, 0) is 72.2 Å². The number of nitrogens with two attached hydrogens (primary N) is 1. The van der Waals surface area contributed by atoms with Crippen LogP contribution >= 0.6 is 0 Å². The van der Waals surface area contributed by atoms with E-state index in [0.29, 0.717) is 30.8 Å². The highest BCUT2D eigenvalue weighted by Crippen LogP contribution is 2.52. The Hall–Kier alpha value is -3.67. The molecule has 0 radical (unpaired) electrons. The van der Waals surface area contributed by atoms with Crippen molar-refractivity contribution in [3.05, 3.63) is 46.1 Å². The number of hydrogen-bond acceptors (Lipinski definition) is 10. The third-order valence-electron chi connectivity index (χ3n) is 9.51. The molecule has 11 nitrogen and oxygen atoms in total. The molecule has 6 atom stereocenters. The first-order chi connectivity index (χ1) is 20.9. The number of primary amides is 1. The number of Topliss-reactive ketones (excluding diaryl/α,β-unsaturated/α-hetero) is 4. The van der Waals surface area contributed by atoms with Crippen LogP contribution in [0.2, 0.25) is 0 Å². The molecule has 2 saturated carbocycles. The van der Waals surface area contributed by atoms with E-state index < -0.39 is 64.4 Å². The number of carbonyl (C=O) groups is 5. The molecule has 0 heterocycles. The highest BCUT2D eigenvalue weighted by atomic mass is 16.3. The van der Waals surface area contributed by atoms with Crippen LogP contribution in [-0.4, -0.2) is 102 Å². The van der Waals surface area contributed by atoms with Crippen LogP contribution in [0, 0.1) is 23.7 Å². The zero-order valence-electron chi connectivity index (χ0n) is 27.5. The maximum Gasteiger partial charge on any atom is 0.235 e. The number of likely N-dealkylation sites (N-methyl/N-ethyl adjacent to an activating group) is 1. The number of aliphatic hydroxyl groups is 1. The summed E-state index contributed by atoms with van der Waals surface area (Å²) in [6.07, 6.45) is 4.40. The predicted molar refractivity (Wildman–Crippen MR) is 170 cm³/mol. The molecule has 4 N–H and O–H groups in total. The first-order valence-corrected chi connectivity index (χ1v) is 15.3. The van der Waals surface area contributed by atoms with E-state index in [1.165, 1.54) is 4.90 Å². The minimum atomic E-state index is -2.75. The molecule has 2 fully saturated rings. The monoisotopic (exact) mass is 622 g/mol. The summed E-state index contributed by atoms with van der Waals surface area (Å²) >= 11 is 0. The zero-order valence-corrected chi connectivity index (χ0v) is 27.5. The molecule has 3 aliphatic carbocycles. The number of benzene rings is 1. The number of phenolic OH excluding ortho intramolecular Hbond substituents is 1. The third-order valence-corrected chi connectivity index (χ3v) is 9.51. The Morgan fingerprint density at radius 2 is 1.58 bits per heavy atom. The fraction of sp³-hybridized carbons (Fsp3) is 0.559. The zero-order chi connectivity index (χ0) is 33.7. The number of carbonyl (C=O) groups excluding carboxylic acids is 5. The van der Waals surface area contributed by atoms with Gasteiger partial charge in [-0.1, -0.05) is 23.3 Å². The van der Waals surface area contributed by atoms with Gasteiger partial charge < -0.3 is 20.8 Å². The van der Waals surface area contributed by atoms with Gasteiger partial charge >= 0.3 is 0 Å². The molecule has 3 aliphatic rings. The molecule has 2 unspecified atom stereocenters. The largest absolute Gasteiger partial charge is 0.507 e. The number of anilines is 1. The van der Waals surface area contributed by atoms with Gasteiger partial charge in [0.25, 0.3) is 0 Å². The van der Waals surface area contributed by atoms with Crippen LogP contribution in [0.1, 0.15) is 55.6 Å². The van der Waals surface area contributed by atoms with Crippen LogP contribution in [0.25, 0.3) is 0 Å². The first-order valence-electron chi connectivity index (χ1n) is 15.3. The van der Waals surface area contributed by atoms with Gasteiger partial charge in [-0.25, -0.2) is 0 Å². The molecule has 4 rings (SSSR count). The summed E-state index contributed by atoms with van der Waals surface area (Å²) in [4.78, 5) is 73.1. The lowest BCUT2D eigenvalue weighted by atomic mass is 9.52. The maximum absolute atomic E-state index is 14.3. The van der Waals surface area contributed by atoms with Crippen molar-refractivity contribution in [2.24, 2.45) is 29.4 Å². The van der Waals surface area contributed by atoms with Gasteiger partial charge in [-0.3, -0.25) is 33.8 Å². The molecular formula is C34H46N4O7. The average Bonchev–Trinajstić information content (AvgIpc) is 2.92. The van der Waals surface area contributed by atoms with Crippen molar-refractivity contribution in [3.63, 3.8) is 0 Å². The predicted octanol–water partition coefficient (Wildman–Crippen LogP) is 1.67. The molecule has 0 aliphatic heterocycles. The number of fused-ring (bicyclic) bond motifs is 3. The smallest absolute Gasteiger partial charge is 0.235 e. The van der Waals surface area contributed by atoms with Crippen molar-refractivity contribution in [1.82, 2.24) is 9.80 Å². The summed E-state index contributed by atoms with van der Waals surface area (Å²) in [5.41, 5.74) is 6.77. The first kappa shape index (κ1) is 34.2. The van der Waals surface area contributed by atoms with Crippen LogP contribution in [0.5, 0.6) is 5.75 Å². The number of amides is 1. The molecule has 1 amide bonds. The van der Waals surface area contributed by atoms with Crippen LogP contribution in [0.4, 0.5) is 5.69 Å². The molecule has 11 heteroatoms. The summed E-state index contributed by atoms with van der Waals surface area (Å²) in [6.45, 7) is 9.57. The van der Waals surface area contributed by atoms with Gasteiger partial charge in [0.15, 0.2) is 34.7 Å². The standard InChI is InChI=1S/C34H46N4O7/c1-17(2)9-11-38(12-10-18(3)4)16-20-15-23(36(5)6)21-13-19-14-22-27(37(7)8)30(41)26(33(35)44)32(43)34(22,45)31(42)24(19)29(40)25(21)28(20)39/h9-10,15,19,22,24,26-27,39,45H,11-14,16H2,1-8H3,(H2,35,44)/t19-,22-,24?,26?,27-,34-/m0/s1. The normalized spacial score (nSPS) is 27.6. The second-order valence-electron chi connectivity index (χ2n) is 13.7. The lowest BCUT2D eigenvalue weighted by Gasteiger charge is -2.52. The minimum Gasteiger partial charge on any atom is -0.507 e. The van der Waals surface area contributed by atoms with E-state index in [4.69, 9.17) is 5.73 Å². The average molecular weight is 623 g/mol. The van der Waals surface area contributed by atoms with E-state index in [1.807, 2.05) is 52.8 Å². The van der Waals surface area contributed by atoms with E-state index in [0.717, 1.165) is 16.8 Å². The van der Waals surface area contributed by atoms with Crippen LogP contribution in [0.15, 0.2) is 29.4 Å². The van der Waals surface area contributed by atoms with Gasteiger partial charge in [0.1, 0.15) is 5.75 Å². The summed E-state index contributed by atoms with van der Waals surface area (Å²) in [5, 5.41) is 23.5. The van der Waals surface area contributed by atoms with E-state index in [2.05, 4.69) is 17.1 Å². The quantitative estimate of drug-likeness (QED) is 0.273. The lowest BCUT2D eigenvalue weighted by Crippen LogP contribution is -2.74. The Balaban J connectivity index is 1.84. The van der Waals surface area contributed by atoms with Crippen LogP contribution in [-0.2, 0) is 32.1 Å². The fourth-order valence-electron chi connectivity index (χ4n) is 7.29. The van der Waals surface area contributed by atoms with Gasteiger partial charge in [0.05, 0.1) is 17.5 Å². The Kier molecular flexibility index (Phi) is 9.59. The SMILES string of the molecule is CC(C)=CCN(CC=C(C)C)Cc1cc(N(C)C)c2c(c1O)C(=O)C1C(=O)[C@]3(O)C(=O)C(C(N)=O)C(=O)[C@@H](N(C)C)[C@@H]3C[C@@H]1C2. The number of nitrogens with zero attached hydrogens (tertiary/aromatic N) is 3. The third kappa shape index (κ3) is 5.89. The summed E-state index contributed by atoms with van der Waals surface area (Å²) in [5.74, 6) is -10.5. The van der Waals surface area contributed by atoms with Crippen LogP contribution in [0.3, 0.4) is 0 Å². The highest BCUT2D eigenvalue weighted by Gasteiger charge is 2.69. The topological polar surface area (TPSA) is 162 Å². The van der Waals surface area contributed by atoms with Crippen molar-refractivity contribution in [3.8, 4) is 5.75 Å². The van der Waals surface area contributed by atoms with E-state index in [9.17, 15) is 34.2 Å². The fourth-order valence-corrected chi connectivity index (χ4v) is 7.29. The molecule has 0 bridgehead atoms. The van der Waals surface area contributed by atoms with Crippen molar-refractivity contribution < 1.29 is 34.2 Å². The number of phenols is 1. The molecule has 0 saturated heterocycles. The van der Waals surface area contributed by atoms with Gasteiger partial charge in [-0.15, -0.1) is 0 Å². The van der Waals surface area contributed by atoms with E-state index >= 15 is 0 Å². The van der Waals surface area contributed by atoms with Crippen molar-refractivity contribution in [2.75, 3.05) is 46.2 Å². The van der Waals surface area contributed by atoms with Crippen molar-refractivity contribution in [1.29, 1.82) is 0 Å². The Labute approximate surface area is 264 Å². The van der Waals surface area contributed by atoms with Gasteiger partial charge in [0.2, 0.25) is 5.91 Å². The molecule has 1 aromatic rings. The second kappa shape index (κ2) is 12.6. The summed E-state index contributed by atoms with van der Waals surface area (Å²) in [6, 6.07) is 0.734. The second-order valence-corrected chi connectivity index (χ2v) is 13.7.